The normalized spacial score (nSPS) is 17.3. The first-order valence-corrected chi connectivity index (χ1v) is 22.5. The van der Waals surface area contributed by atoms with Crippen LogP contribution in [0.1, 0.15) is 61.9 Å². The Bertz CT molecular complexity index is 2660. The summed E-state index contributed by atoms with van der Waals surface area (Å²) in [5.74, 6) is -0.519. The number of hydrogen-bond acceptors (Lipinski definition) is 11. The van der Waals surface area contributed by atoms with Crippen molar-refractivity contribution in [2.75, 3.05) is 56.2 Å². The Balaban J connectivity index is 1.02. The summed E-state index contributed by atoms with van der Waals surface area (Å²) in [4.78, 5) is 49.9. The van der Waals surface area contributed by atoms with Gasteiger partial charge in [-0.1, -0.05) is 37.6 Å². The summed E-state index contributed by atoms with van der Waals surface area (Å²) in [7, 11) is -4.60. The van der Waals surface area contributed by atoms with E-state index in [9.17, 15) is 28.1 Å². The van der Waals surface area contributed by atoms with Crippen molar-refractivity contribution in [1.82, 2.24) is 19.6 Å². The fourth-order valence-electron chi connectivity index (χ4n) is 8.29. The summed E-state index contributed by atoms with van der Waals surface area (Å²) < 4.78 is 41.0. The maximum absolute atomic E-state index is 13.9. The van der Waals surface area contributed by atoms with Crippen LogP contribution in [-0.2, 0) is 19.6 Å². The highest BCUT2D eigenvalue weighted by Gasteiger charge is 2.32. The number of piperazine rings is 1. The monoisotopic (exact) mass is 881 g/mol. The van der Waals surface area contributed by atoms with Gasteiger partial charge in [-0.2, -0.15) is 0 Å². The second kappa shape index (κ2) is 17.8. The van der Waals surface area contributed by atoms with E-state index in [2.05, 4.69) is 33.9 Å². The van der Waals surface area contributed by atoms with Gasteiger partial charge in [-0.15, -0.1) is 0 Å². The summed E-state index contributed by atoms with van der Waals surface area (Å²) in [6.07, 6.45) is 7.62. The lowest BCUT2D eigenvalue weighted by Crippen LogP contribution is -2.51. The van der Waals surface area contributed by atoms with Crippen LogP contribution in [-0.4, -0.2) is 86.0 Å². The number of amides is 2. The summed E-state index contributed by atoms with van der Waals surface area (Å²) in [6, 6.07) is 19.6. The van der Waals surface area contributed by atoms with E-state index < -0.39 is 31.4 Å². The molecule has 2 fully saturated rings. The molecule has 3 N–H and O–H groups in total. The second-order valence-electron chi connectivity index (χ2n) is 16.8. The van der Waals surface area contributed by atoms with E-state index in [1.54, 1.807) is 24.4 Å². The zero-order valence-corrected chi connectivity index (χ0v) is 36.1. The van der Waals surface area contributed by atoms with Crippen molar-refractivity contribution in [3.63, 3.8) is 0 Å². The number of ether oxygens (including phenoxy) is 2. The first-order chi connectivity index (χ1) is 29.7. The van der Waals surface area contributed by atoms with Crippen LogP contribution in [0.25, 0.3) is 16.6 Å². The molecule has 5 aromatic rings. The van der Waals surface area contributed by atoms with Gasteiger partial charge in [0, 0.05) is 73.8 Å². The largest absolute Gasteiger partial charge is 0.455 e. The zero-order valence-electron chi connectivity index (χ0n) is 34.5. The number of nitrogens with zero attached hydrogens (tertiary/aromatic N) is 4. The third-order valence-corrected chi connectivity index (χ3v) is 13.5. The number of carbonyl (C=O) groups excluding carboxylic acids is 2. The summed E-state index contributed by atoms with van der Waals surface area (Å²) in [5, 5.41) is 16.6. The molecule has 0 unspecified atom stereocenters. The van der Waals surface area contributed by atoms with Crippen LogP contribution < -0.4 is 19.7 Å². The Hall–Kier alpha value is -5.97. The van der Waals surface area contributed by atoms with Crippen LogP contribution in [0.15, 0.2) is 95.7 Å². The number of carbonyl (C=O) groups is 2. The SMILES string of the molecule is CC1(C)CCC(CN2CCN(c3ccc(C(=O)NS(=O)(=O)c4ccc(NCC5CCOCC5)c([N+](=O)[O-])c4)c(Oc4cnc5[nH]ccc5c4)c3)CC2=O)=C(c2ccc(Cl)cc2)C1. The number of nitrogens with one attached hydrogen (secondary N) is 3. The van der Waals surface area contributed by atoms with Crippen LogP contribution >= 0.6 is 11.6 Å². The smallest absolute Gasteiger partial charge is 0.293 e. The number of nitro benzene ring substituents is 1. The summed E-state index contributed by atoms with van der Waals surface area (Å²) in [5.41, 5.74) is 4.57. The number of anilines is 2. The van der Waals surface area contributed by atoms with E-state index in [0.717, 1.165) is 49.1 Å². The molecule has 2 aromatic heterocycles. The molecule has 0 saturated carbocycles. The Kier molecular flexibility index (Phi) is 12.3. The fourth-order valence-corrected chi connectivity index (χ4v) is 9.40. The molecule has 1 aliphatic carbocycles. The van der Waals surface area contributed by atoms with Crippen LogP contribution in [0.2, 0.25) is 5.02 Å². The molecule has 3 aliphatic rings. The number of aromatic amines is 1. The molecule has 8 rings (SSSR count). The number of H-pyrrole nitrogens is 1. The number of hydrogen-bond donors (Lipinski definition) is 3. The third kappa shape index (κ3) is 9.72. The van der Waals surface area contributed by atoms with Crippen molar-refractivity contribution in [2.45, 2.75) is 50.8 Å². The number of nitro groups is 1. The number of pyridine rings is 1. The Morgan fingerprint density at radius 3 is 2.61 bits per heavy atom. The number of allylic oxidation sites excluding steroid dienone is 1. The standard InChI is InChI=1S/C45H48ClN7O8S/c1-45(2)15-11-32(38(24-45)30-3-5-33(46)6-4-30)27-52-18-17-51(28-42(52)54)34-7-9-37(41(22-34)61-35-21-31-12-16-47-43(31)49-26-35)44(55)50-62(58,59)36-8-10-39(40(23-36)53(56)57)48-25-29-13-19-60-20-14-29/h3-10,12,16,21-23,26,29,48H,11,13-15,17-20,24-25,27-28H2,1-2H3,(H,47,49)(H,50,55). The van der Waals surface area contributed by atoms with E-state index in [1.807, 2.05) is 40.1 Å². The Morgan fingerprint density at radius 1 is 1.06 bits per heavy atom. The molecule has 0 bridgehead atoms. The van der Waals surface area contributed by atoms with Gasteiger partial charge < -0.3 is 29.6 Å². The van der Waals surface area contributed by atoms with Crippen molar-refractivity contribution in [2.24, 2.45) is 11.3 Å². The van der Waals surface area contributed by atoms with Crippen molar-refractivity contribution in [1.29, 1.82) is 0 Å². The van der Waals surface area contributed by atoms with Gasteiger partial charge in [0.15, 0.2) is 0 Å². The first-order valence-electron chi connectivity index (χ1n) is 20.6. The summed E-state index contributed by atoms with van der Waals surface area (Å²) in [6.45, 7) is 7.78. The molecule has 62 heavy (non-hydrogen) atoms. The molecule has 2 aliphatic heterocycles. The lowest BCUT2D eigenvalue weighted by atomic mass is 9.72. The first kappa shape index (κ1) is 42.7. The highest BCUT2D eigenvalue weighted by Crippen LogP contribution is 2.43. The molecule has 0 spiro atoms. The number of aromatic nitrogens is 2. The zero-order chi connectivity index (χ0) is 43.6. The van der Waals surface area contributed by atoms with Crippen LogP contribution in [0.4, 0.5) is 17.1 Å². The highest BCUT2D eigenvalue weighted by atomic mass is 35.5. The number of fused-ring (bicyclic) bond motifs is 1. The van der Waals surface area contributed by atoms with E-state index in [4.69, 9.17) is 21.1 Å². The van der Waals surface area contributed by atoms with Gasteiger partial charge in [-0.25, -0.2) is 18.1 Å². The van der Waals surface area contributed by atoms with Gasteiger partial charge in [0.25, 0.3) is 21.6 Å². The average Bonchev–Trinajstić information content (AvgIpc) is 3.72. The molecular weight excluding hydrogens is 834 g/mol. The lowest BCUT2D eigenvalue weighted by Gasteiger charge is -2.39. The number of benzene rings is 3. The van der Waals surface area contributed by atoms with Crippen LogP contribution in [0.5, 0.6) is 11.5 Å². The number of sulfonamides is 1. The van der Waals surface area contributed by atoms with Crippen molar-refractivity contribution >= 4 is 67.1 Å². The molecule has 0 atom stereocenters. The van der Waals surface area contributed by atoms with Gasteiger partial charge >= 0.3 is 0 Å². The Labute approximate surface area is 364 Å². The average molecular weight is 882 g/mol. The minimum absolute atomic E-state index is 0.0167. The molecular formula is C45H48ClN7O8S. The molecule has 324 valence electrons. The van der Waals surface area contributed by atoms with Crippen molar-refractivity contribution in [3.8, 4) is 11.5 Å². The summed E-state index contributed by atoms with van der Waals surface area (Å²) >= 11 is 6.21. The van der Waals surface area contributed by atoms with Crippen molar-refractivity contribution in [3.05, 3.63) is 117 Å². The predicted octanol–water partition coefficient (Wildman–Crippen LogP) is 8.19. The van der Waals surface area contributed by atoms with Crippen molar-refractivity contribution < 1.29 is 32.4 Å². The van der Waals surface area contributed by atoms with Gasteiger partial charge in [0.1, 0.15) is 22.8 Å². The van der Waals surface area contributed by atoms with Gasteiger partial charge in [-0.05, 0) is 109 Å². The van der Waals surface area contributed by atoms with Gasteiger partial charge in [-0.3, -0.25) is 19.7 Å². The van der Waals surface area contributed by atoms with Gasteiger partial charge in [0.05, 0.1) is 28.1 Å². The third-order valence-electron chi connectivity index (χ3n) is 11.9. The maximum Gasteiger partial charge on any atom is 0.293 e. The molecule has 0 radical (unpaired) electrons. The molecule has 4 heterocycles. The highest BCUT2D eigenvalue weighted by molar-refractivity contribution is 7.90. The van der Waals surface area contributed by atoms with E-state index >= 15 is 0 Å². The molecule has 15 nitrogen and oxygen atoms in total. The molecule has 17 heteroatoms. The number of rotatable bonds is 13. The fraction of sp³-hybridized carbons (Fsp3) is 0.356. The quantitative estimate of drug-likeness (QED) is 0.0764. The van der Waals surface area contributed by atoms with E-state index in [-0.39, 0.29) is 46.5 Å². The maximum atomic E-state index is 13.9. The van der Waals surface area contributed by atoms with Crippen LogP contribution in [0, 0.1) is 21.4 Å². The topological polar surface area (TPSA) is 189 Å². The molecule has 2 amide bonds. The van der Waals surface area contributed by atoms with E-state index in [0.29, 0.717) is 55.7 Å². The minimum atomic E-state index is -4.60. The molecule has 3 aromatic carbocycles. The predicted molar refractivity (Wildman–Crippen MR) is 237 cm³/mol. The van der Waals surface area contributed by atoms with E-state index in [1.165, 1.54) is 35.5 Å². The molecule has 2 saturated heterocycles. The minimum Gasteiger partial charge on any atom is -0.455 e. The Morgan fingerprint density at radius 2 is 1.85 bits per heavy atom. The number of halogens is 1. The second-order valence-corrected chi connectivity index (χ2v) is 19.0. The lowest BCUT2D eigenvalue weighted by molar-refractivity contribution is -0.384. The van der Waals surface area contributed by atoms with Gasteiger partial charge in [0.2, 0.25) is 5.91 Å². The van der Waals surface area contributed by atoms with Crippen LogP contribution in [0.3, 0.4) is 0 Å².